The minimum Gasteiger partial charge on any atom is -0.381 e. The molecular weight excluding hydrogens is 397 g/mol. The smallest absolute Gasteiger partial charge is 0.128 e. The highest BCUT2D eigenvalue weighted by Gasteiger charge is 2.31. The van der Waals surface area contributed by atoms with Gasteiger partial charge < -0.3 is 4.74 Å². The van der Waals surface area contributed by atoms with Gasteiger partial charge in [0.2, 0.25) is 0 Å². The Hall–Kier alpha value is -3.17. The average Bonchev–Trinajstić information content (AvgIpc) is 3.39. The Morgan fingerprint density at radius 3 is 2.90 bits per heavy atom. The number of fused-ring (bicyclic) bond motifs is 1. The van der Waals surface area contributed by atoms with Crippen molar-refractivity contribution in [1.82, 2.24) is 25.2 Å². The summed E-state index contributed by atoms with van der Waals surface area (Å²) in [4.78, 5) is 4.51. The molecule has 1 aromatic heterocycles. The molecule has 3 aliphatic rings. The largest absolute Gasteiger partial charge is 0.381 e. The molecule has 1 aromatic carbocycles. The molecule has 2 aromatic rings. The number of hydrogen-bond acceptors (Lipinski definition) is 7. The number of aliphatic imine (C=N–C) groups is 1. The average molecular weight is 423 g/mol. The minimum absolute atomic E-state index is 0.246. The molecule has 0 spiro atoms. The van der Waals surface area contributed by atoms with Crippen LogP contribution in [0.2, 0.25) is 0 Å². The fraction of sp³-hybridized carbons (Fsp3) is 0.364. The van der Waals surface area contributed by atoms with Crippen LogP contribution in [0.4, 0.5) is 4.39 Å². The van der Waals surface area contributed by atoms with Gasteiger partial charge in [-0.1, -0.05) is 18.2 Å². The Kier molecular flexibility index (Phi) is 5.44. The maximum Gasteiger partial charge on any atom is 0.128 e. The quantitative estimate of drug-likeness (QED) is 0.695. The van der Waals surface area contributed by atoms with E-state index in [4.69, 9.17) is 10.6 Å². The molecule has 162 valence electrons. The number of nitrogens with two attached hydrogens (primary N) is 1. The van der Waals surface area contributed by atoms with Gasteiger partial charge in [0.05, 0.1) is 18.4 Å². The molecule has 0 saturated carbocycles. The van der Waals surface area contributed by atoms with Gasteiger partial charge in [0.1, 0.15) is 23.5 Å². The van der Waals surface area contributed by atoms with E-state index in [-0.39, 0.29) is 5.82 Å². The van der Waals surface area contributed by atoms with Gasteiger partial charge in [0.15, 0.2) is 0 Å². The van der Waals surface area contributed by atoms with Crippen LogP contribution in [0.1, 0.15) is 30.4 Å². The SMILES string of the molecule is NN1C=NC2=C(c3cnn(CCC4CCOCC4)c3)NN(Cc3ccccc3F)C2=C1. The van der Waals surface area contributed by atoms with E-state index in [1.807, 2.05) is 28.2 Å². The van der Waals surface area contributed by atoms with Crippen LogP contribution in [0.15, 0.2) is 59.2 Å². The Morgan fingerprint density at radius 1 is 1.23 bits per heavy atom. The highest BCUT2D eigenvalue weighted by Crippen LogP contribution is 2.34. The molecule has 9 heteroatoms. The zero-order valence-corrected chi connectivity index (χ0v) is 17.2. The Bertz CT molecular complexity index is 1040. The van der Waals surface area contributed by atoms with E-state index in [9.17, 15) is 4.39 Å². The van der Waals surface area contributed by atoms with Crippen molar-refractivity contribution in [2.24, 2.45) is 16.8 Å². The lowest BCUT2D eigenvalue weighted by Crippen LogP contribution is -2.33. The number of nitrogens with one attached hydrogen (secondary N) is 1. The summed E-state index contributed by atoms with van der Waals surface area (Å²) >= 11 is 0. The number of rotatable bonds is 6. The lowest BCUT2D eigenvalue weighted by atomic mass is 9.97. The second-order valence-corrected chi connectivity index (χ2v) is 8.06. The molecule has 1 saturated heterocycles. The summed E-state index contributed by atoms with van der Waals surface area (Å²) in [7, 11) is 0. The van der Waals surface area contributed by atoms with Crippen LogP contribution < -0.4 is 11.3 Å². The first-order valence-corrected chi connectivity index (χ1v) is 10.6. The second kappa shape index (κ2) is 8.52. The Labute approximate surface area is 180 Å². The van der Waals surface area contributed by atoms with Crippen molar-refractivity contribution in [3.63, 3.8) is 0 Å². The molecule has 3 aliphatic heterocycles. The fourth-order valence-corrected chi connectivity index (χ4v) is 4.15. The van der Waals surface area contributed by atoms with Gasteiger partial charge in [-0.3, -0.25) is 20.1 Å². The first kappa shape index (κ1) is 19.8. The van der Waals surface area contributed by atoms with E-state index in [2.05, 4.69) is 15.5 Å². The van der Waals surface area contributed by atoms with Gasteiger partial charge in [-0.25, -0.2) is 15.2 Å². The van der Waals surface area contributed by atoms with Crippen LogP contribution in [0.3, 0.4) is 0 Å². The van der Waals surface area contributed by atoms with Crippen molar-refractivity contribution in [2.75, 3.05) is 13.2 Å². The lowest BCUT2D eigenvalue weighted by molar-refractivity contribution is 0.0623. The van der Waals surface area contributed by atoms with Crippen molar-refractivity contribution in [1.29, 1.82) is 0 Å². The zero-order valence-electron chi connectivity index (χ0n) is 17.2. The van der Waals surface area contributed by atoms with Crippen molar-refractivity contribution in [3.05, 3.63) is 71.2 Å². The number of aromatic nitrogens is 2. The van der Waals surface area contributed by atoms with Crippen molar-refractivity contribution in [2.45, 2.75) is 32.4 Å². The van der Waals surface area contributed by atoms with Crippen LogP contribution in [-0.4, -0.2) is 39.4 Å². The molecule has 5 rings (SSSR count). The predicted octanol–water partition coefficient (Wildman–Crippen LogP) is 2.59. The van der Waals surface area contributed by atoms with E-state index >= 15 is 0 Å². The lowest BCUT2D eigenvalue weighted by Gasteiger charge is -2.24. The number of ether oxygens (including phenoxy) is 1. The standard InChI is InChI=1S/C22H26FN7O/c23-19-4-2-1-3-17(19)13-30-20-14-28(24)15-25-22(20)21(27-30)18-11-26-29(12-18)8-5-16-6-9-31-10-7-16/h1-4,11-12,14-16,27H,5-10,13,24H2. The molecule has 0 amide bonds. The van der Waals surface area contributed by atoms with Crippen LogP contribution in [0.25, 0.3) is 5.70 Å². The highest BCUT2D eigenvalue weighted by molar-refractivity contribution is 5.77. The summed E-state index contributed by atoms with van der Waals surface area (Å²) in [6.45, 7) is 2.93. The number of halogens is 1. The van der Waals surface area contributed by atoms with Crippen molar-refractivity contribution in [3.8, 4) is 0 Å². The van der Waals surface area contributed by atoms with Crippen molar-refractivity contribution >= 4 is 12.0 Å². The van der Waals surface area contributed by atoms with E-state index in [1.54, 1.807) is 24.7 Å². The van der Waals surface area contributed by atoms with E-state index in [1.165, 1.54) is 11.1 Å². The number of hydrogen-bond donors (Lipinski definition) is 2. The van der Waals surface area contributed by atoms with Crippen LogP contribution in [0.5, 0.6) is 0 Å². The summed E-state index contributed by atoms with van der Waals surface area (Å²) in [6.07, 6.45) is 10.5. The molecule has 3 N–H and O–H groups in total. The number of aryl methyl sites for hydroxylation is 1. The summed E-state index contributed by atoms with van der Waals surface area (Å²) in [5.74, 6) is 6.35. The molecule has 31 heavy (non-hydrogen) atoms. The number of nitrogens with zero attached hydrogens (tertiary/aromatic N) is 5. The van der Waals surface area contributed by atoms with E-state index < -0.39 is 0 Å². The normalized spacial score (nSPS) is 19.0. The molecule has 0 atom stereocenters. The summed E-state index contributed by atoms with van der Waals surface area (Å²) < 4.78 is 21.7. The maximum absolute atomic E-state index is 14.2. The van der Waals surface area contributed by atoms with Gasteiger partial charge in [-0.2, -0.15) is 5.10 Å². The van der Waals surface area contributed by atoms with Crippen LogP contribution in [-0.2, 0) is 17.8 Å². The summed E-state index contributed by atoms with van der Waals surface area (Å²) in [5, 5.41) is 7.81. The first-order valence-electron chi connectivity index (χ1n) is 10.6. The summed E-state index contributed by atoms with van der Waals surface area (Å²) in [6, 6.07) is 6.75. The second-order valence-electron chi connectivity index (χ2n) is 8.06. The monoisotopic (exact) mass is 423 g/mol. The molecule has 1 fully saturated rings. The maximum atomic E-state index is 14.2. The van der Waals surface area contributed by atoms with Crippen LogP contribution in [0, 0.1) is 11.7 Å². The first-order chi connectivity index (χ1) is 15.2. The molecule has 0 aliphatic carbocycles. The molecular formula is C22H26FN7O. The molecule has 0 radical (unpaired) electrons. The van der Waals surface area contributed by atoms with Gasteiger partial charge in [-0.05, 0) is 31.2 Å². The number of benzene rings is 1. The topological polar surface area (TPSA) is 83.9 Å². The van der Waals surface area contributed by atoms with E-state index in [0.29, 0.717) is 18.0 Å². The van der Waals surface area contributed by atoms with Gasteiger partial charge in [0, 0.05) is 43.3 Å². The highest BCUT2D eigenvalue weighted by atomic mass is 19.1. The third-order valence-corrected chi connectivity index (χ3v) is 5.92. The Balaban J connectivity index is 1.34. The molecule has 0 bridgehead atoms. The predicted molar refractivity (Wildman–Crippen MR) is 115 cm³/mol. The van der Waals surface area contributed by atoms with Gasteiger partial charge in [0.25, 0.3) is 0 Å². The molecule has 8 nitrogen and oxygen atoms in total. The zero-order chi connectivity index (χ0) is 21.2. The van der Waals surface area contributed by atoms with Gasteiger partial charge in [-0.15, -0.1) is 0 Å². The minimum atomic E-state index is -0.246. The fourth-order valence-electron chi connectivity index (χ4n) is 4.15. The van der Waals surface area contributed by atoms with Crippen molar-refractivity contribution < 1.29 is 9.13 Å². The van der Waals surface area contributed by atoms with Gasteiger partial charge >= 0.3 is 0 Å². The van der Waals surface area contributed by atoms with E-state index in [0.717, 1.165) is 61.7 Å². The Morgan fingerprint density at radius 2 is 2.06 bits per heavy atom. The third-order valence-electron chi connectivity index (χ3n) is 5.92. The van der Waals surface area contributed by atoms with Crippen LogP contribution >= 0.6 is 0 Å². The molecule has 4 heterocycles. The summed E-state index contributed by atoms with van der Waals surface area (Å²) in [5.41, 5.74) is 7.29. The third kappa shape index (κ3) is 4.19. The molecule has 0 unspecified atom stereocenters. The number of hydrazine groups is 2.